The molecule has 1 heterocycles. The Labute approximate surface area is 295 Å². The van der Waals surface area contributed by atoms with E-state index in [9.17, 15) is 0 Å². The normalized spacial score (nSPS) is 10.4. The summed E-state index contributed by atoms with van der Waals surface area (Å²) in [4.78, 5) is 0. The molecule has 0 saturated carbocycles. The molecule has 0 atom stereocenters. The lowest BCUT2D eigenvalue weighted by atomic mass is 10.00. The van der Waals surface area contributed by atoms with E-state index in [0.717, 1.165) is 11.2 Å². The van der Waals surface area contributed by atoms with Gasteiger partial charge in [-0.3, -0.25) is 0 Å². The molecule has 0 aliphatic carbocycles. The maximum Gasteiger partial charge on any atom is 0.138 e. The van der Waals surface area contributed by atoms with Gasteiger partial charge in [0.05, 0.1) is 0 Å². The van der Waals surface area contributed by atoms with Crippen molar-refractivity contribution < 1.29 is 4.42 Å². The highest BCUT2D eigenvalue weighted by Gasteiger charge is 2.09. The molecular formula is C48H54O. The third-order valence-corrected chi connectivity index (χ3v) is 8.36. The Hall–Kier alpha value is -4.88. The smallest absolute Gasteiger partial charge is 0.138 e. The number of rotatable bonds is 1. The van der Waals surface area contributed by atoms with Crippen LogP contribution in [-0.4, -0.2) is 0 Å². The van der Waals surface area contributed by atoms with Crippen molar-refractivity contribution in [3.8, 4) is 11.1 Å². The molecule has 0 unspecified atom stereocenters. The lowest BCUT2D eigenvalue weighted by Gasteiger charge is -2.06. The third-order valence-electron chi connectivity index (χ3n) is 8.36. The van der Waals surface area contributed by atoms with Gasteiger partial charge in [-0.15, -0.1) is 0 Å². The van der Waals surface area contributed by atoms with Crippen LogP contribution in [0.3, 0.4) is 0 Å². The first kappa shape index (κ1) is 36.9. The van der Waals surface area contributed by atoms with Gasteiger partial charge in [0.25, 0.3) is 0 Å². The summed E-state index contributed by atoms with van der Waals surface area (Å²) < 4.78 is 5.89. The second-order valence-corrected chi connectivity index (χ2v) is 14.1. The van der Waals surface area contributed by atoms with Crippen LogP contribution in [-0.2, 0) is 0 Å². The summed E-state index contributed by atoms with van der Waals surface area (Å²) in [5.41, 5.74) is 20.5. The van der Waals surface area contributed by atoms with Crippen molar-refractivity contribution in [3.05, 3.63) is 176 Å². The second-order valence-electron chi connectivity index (χ2n) is 14.1. The summed E-state index contributed by atoms with van der Waals surface area (Å²) >= 11 is 0. The highest BCUT2D eigenvalue weighted by Crippen LogP contribution is 2.32. The van der Waals surface area contributed by atoms with Gasteiger partial charge in [-0.1, -0.05) is 147 Å². The number of benzene rings is 6. The van der Waals surface area contributed by atoms with E-state index in [1.807, 2.05) is 0 Å². The van der Waals surface area contributed by atoms with Crippen LogP contribution in [0.15, 0.2) is 114 Å². The first-order valence-electron chi connectivity index (χ1n) is 17.3. The van der Waals surface area contributed by atoms with E-state index in [-0.39, 0.29) is 0 Å². The van der Waals surface area contributed by atoms with Gasteiger partial charge < -0.3 is 4.42 Å². The van der Waals surface area contributed by atoms with Crippen molar-refractivity contribution in [2.24, 2.45) is 0 Å². The summed E-state index contributed by atoms with van der Waals surface area (Å²) in [6, 6.07) is 39.2. The number of aryl methyl sites for hydroxylation is 12. The quantitative estimate of drug-likeness (QED) is 0.173. The van der Waals surface area contributed by atoms with Crippen LogP contribution in [0.5, 0.6) is 0 Å². The second kappa shape index (κ2) is 16.5. The Balaban J connectivity index is 0.000000152. The predicted octanol–water partition coefficient (Wildman–Crippen LogP) is 14.0. The molecule has 0 bridgehead atoms. The molecule has 49 heavy (non-hydrogen) atoms. The van der Waals surface area contributed by atoms with Crippen LogP contribution in [0.25, 0.3) is 33.1 Å². The molecule has 7 aromatic rings. The lowest BCUT2D eigenvalue weighted by Crippen LogP contribution is -1.83. The predicted molar refractivity (Wildman–Crippen MR) is 215 cm³/mol. The summed E-state index contributed by atoms with van der Waals surface area (Å²) in [7, 11) is 0. The zero-order valence-corrected chi connectivity index (χ0v) is 31.8. The fourth-order valence-electron chi connectivity index (χ4n) is 6.71. The molecule has 0 spiro atoms. The number of fused-ring (bicyclic) bond motifs is 3. The fraction of sp³-hybridized carbons (Fsp3) is 0.250. The van der Waals surface area contributed by atoms with E-state index in [1.54, 1.807) is 0 Å². The largest absolute Gasteiger partial charge is 0.456 e. The van der Waals surface area contributed by atoms with Crippen LogP contribution in [0.2, 0.25) is 0 Å². The van der Waals surface area contributed by atoms with Crippen LogP contribution < -0.4 is 0 Å². The number of hydrogen-bond donors (Lipinski definition) is 0. The van der Waals surface area contributed by atoms with Gasteiger partial charge in [0.1, 0.15) is 11.2 Å². The minimum absolute atomic E-state index is 0.981. The SMILES string of the molecule is Cc1cc(C)cc(C)c1.Cc1cc(C)cc(C)c1.Cc1ccc2oc3c(C)cc(C)cc3c2c1.Cc1cccc(-c2cc(C)cc(C)c2)c1. The van der Waals surface area contributed by atoms with E-state index in [2.05, 4.69) is 192 Å². The number of hydrogen-bond acceptors (Lipinski definition) is 1. The lowest BCUT2D eigenvalue weighted by molar-refractivity contribution is 0.665. The minimum atomic E-state index is 0.981. The van der Waals surface area contributed by atoms with Crippen molar-refractivity contribution in [1.29, 1.82) is 0 Å². The first-order valence-corrected chi connectivity index (χ1v) is 17.3. The van der Waals surface area contributed by atoms with E-state index < -0.39 is 0 Å². The van der Waals surface area contributed by atoms with Gasteiger partial charge >= 0.3 is 0 Å². The zero-order chi connectivity index (χ0) is 35.8. The summed E-state index contributed by atoms with van der Waals surface area (Å²) in [6.45, 7) is 25.5. The van der Waals surface area contributed by atoms with Gasteiger partial charge in [-0.2, -0.15) is 0 Å². The topological polar surface area (TPSA) is 13.1 Å². The highest BCUT2D eigenvalue weighted by molar-refractivity contribution is 6.06. The molecule has 0 saturated heterocycles. The maximum absolute atomic E-state index is 5.89. The van der Waals surface area contributed by atoms with Gasteiger partial charge in [0, 0.05) is 10.8 Å². The summed E-state index contributed by atoms with van der Waals surface area (Å²) in [5.74, 6) is 0. The van der Waals surface area contributed by atoms with Crippen molar-refractivity contribution in [3.63, 3.8) is 0 Å². The van der Waals surface area contributed by atoms with Crippen molar-refractivity contribution >= 4 is 21.9 Å². The molecule has 1 aromatic heterocycles. The van der Waals surface area contributed by atoms with Gasteiger partial charge in [-0.05, 0) is 124 Å². The van der Waals surface area contributed by atoms with Crippen LogP contribution in [0, 0.1) is 83.1 Å². The van der Waals surface area contributed by atoms with Crippen LogP contribution >= 0.6 is 0 Å². The van der Waals surface area contributed by atoms with Crippen molar-refractivity contribution in [2.75, 3.05) is 0 Å². The number of furan rings is 1. The monoisotopic (exact) mass is 646 g/mol. The molecule has 0 radical (unpaired) electrons. The fourth-order valence-corrected chi connectivity index (χ4v) is 6.71. The van der Waals surface area contributed by atoms with Crippen molar-refractivity contribution in [2.45, 2.75) is 83.1 Å². The van der Waals surface area contributed by atoms with Gasteiger partial charge in [-0.25, -0.2) is 0 Å². The molecule has 0 amide bonds. The molecule has 1 heteroatoms. The molecule has 0 N–H and O–H groups in total. The van der Waals surface area contributed by atoms with Gasteiger partial charge in [0.2, 0.25) is 0 Å². The highest BCUT2D eigenvalue weighted by atomic mass is 16.3. The Morgan fingerprint density at radius 3 is 1.16 bits per heavy atom. The third kappa shape index (κ3) is 10.8. The average molecular weight is 647 g/mol. The van der Waals surface area contributed by atoms with E-state index in [0.29, 0.717) is 0 Å². The Morgan fingerprint density at radius 1 is 0.306 bits per heavy atom. The van der Waals surface area contributed by atoms with Crippen molar-refractivity contribution in [1.82, 2.24) is 0 Å². The van der Waals surface area contributed by atoms with Crippen LogP contribution in [0.4, 0.5) is 0 Å². The molecule has 0 fully saturated rings. The minimum Gasteiger partial charge on any atom is -0.456 e. The molecule has 252 valence electrons. The van der Waals surface area contributed by atoms with Gasteiger partial charge in [0.15, 0.2) is 0 Å². The Kier molecular flexibility index (Phi) is 12.4. The molecule has 6 aromatic carbocycles. The molecule has 0 aliphatic heterocycles. The molecule has 0 aliphatic rings. The summed E-state index contributed by atoms with van der Waals surface area (Å²) in [6.07, 6.45) is 0. The Morgan fingerprint density at radius 2 is 0.694 bits per heavy atom. The van der Waals surface area contributed by atoms with E-state index in [1.165, 1.54) is 88.7 Å². The molecular weight excluding hydrogens is 593 g/mol. The maximum atomic E-state index is 5.89. The molecule has 1 nitrogen and oxygen atoms in total. The molecule has 7 rings (SSSR count). The van der Waals surface area contributed by atoms with E-state index in [4.69, 9.17) is 4.42 Å². The standard InChI is InChI=1S/C15H14O.C15H16.2C9H12/c1-9-4-5-14-12(7-9)13-8-10(2)6-11(3)15(13)16-14;1-11-5-4-6-14(8-11)15-9-12(2)7-13(3)10-15;2*1-7-4-8(2)6-9(3)5-7/h4-8H,1-3H3;4-10H,1-3H3;2*4-6H,1-3H3. The van der Waals surface area contributed by atoms with Crippen LogP contribution in [0.1, 0.15) is 66.8 Å². The average Bonchev–Trinajstić information content (AvgIpc) is 3.34. The first-order chi connectivity index (χ1) is 23.2. The van der Waals surface area contributed by atoms with E-state index >= 15 is 0 Å². The Bertz CT molecular complexity index is 2020. The summed E-state index contributed by atoms with van der Waals surface area (Å²) in [5, 5.41) is 2.46. The zero-order valence-electron chi connectivity index (χ0n) is 31.8.